The highest BCUT2D eigenvalue weighted by Crippen LogP contribution is 2.39. The number of halogens is 2. The molecule has 2 aromatic rings. The molecule has 16 heavy (non-hydrogen) atoms. The molecule has 0 saturated carbocycles. The van der Waals surface area contributed by atoms with Crippen molar-refractivity contribution >= 4 is 34.6 Å². The normalized spacial score (nSPS) is 10.4. The molecule has 0 atom stereocenters. The topological polar surface area (TPSA) is 52.0 Å². The Morgan fingerprint density at radius 3 is 2.12 bits per heavy atom. The van der Waals surface area contributed by atoms with Crippen molar-refractivity contribution in [3.8, 4) is 11.1 Å². The van der Waals surface area contributed by atoms with Gasteiger partial charge in [-0.15, -0.1) is 0 Å². The molecule has 0 aliphatic heterocycles. The second kappa shape index (κ2) is 4.24. The number of benzene rings is 2. The zero-order valence-electron chi connectivity index (χ0n) is 8.37. The molecule has 0 spiro atoms. The summed E-state index contributed by atoms with van der Waals surface area (Å²) in [5.41, 5.74) is 13.9. The van der Waals surface area contributed by atoms with Crippen LogP contribution in [-0.4, -0.2) is 0 Å². The summed E-state index contributed by atoms with van der Waals surface area (Å²) in [4.78, 5) is 0. The lowest BCUT2D eigenvalue weighted by molar-refractivity contribution is 1.60. The molecule has 4 N–H and O–H groups in total. The lowest BCUT2D eigenvalue weighted by atomic mass is 10.0. The monoisotopic (exact) mass is 252 g/mol. The third kappa shape index (κ3) is 1.82. The summed E-state index contributed by atoms with van der Waals surface area (Å²) in [6.45, 7) is 0. The Morgan fingerprint density at radius 2 is 1.50 bits per heavy atom. The van der Waals surface area contributed by atoms with E-state index in [1.807, 2.05) is 30.3 Å². The van der Waals surface area contributed by atoms with Crippen LogP contribution in [0.2, 0.25) is 10.0 Å². The Bertz CT molecular complexity index is 524. The van der Waals surface area contributed by atoms with Crippen LogP contribution in [0, 0.1) is 0 Å². The average molecular weight is 253 g/mol. The molecule has 0 aromatic heterocycles. The minimum absolute atomic E-state index is 0.325. The predicted octanol–water partition coefficient (Wildman–Crippen LogP) is 3.82. The van der Waals surface area contributed by atoms with Gasteiger partial charge in [0.05, 0.1) is 21.4 Å². The maximum absolute atomic E-state index is 6.14. The van der Waals surface area contributed by atoms with Crippen molar-refractivity contribution in [3.05, 3.63) is 46.4 Å². The number of hydrogen-bond donors (Lipinski definition) is 2. The third-order valence-corrected chi connectivity index (χ3v) is 3.10. The molecule has 2 aromatic carbocycles. The molecule has 0 fully saturated rings. The standard InChI is InChI=1S/C12H10Cl2N2/c13-9-6-8(7-4-2-1-3-5-7)10(14)12(16)11(9)15/h1-6H,15-16H2. The van der Waals surface area contributed by atoms with E-state index in [1.54, 1.807) is 6.07 Å². The zero-order chi connectivity index (χ0) is 11.7. The molecular formula is C12H10Cl2N2. The first kappa shape index (κ1) is 11.1. The van der Waals surface area contributed by atoms with E-state index in [9.17, 15) is 0 Å². The maximum Gasteiger partial charge on any atom is 0.0758 e. The molecule has 0 heterocycles. The second-order valence-corrected chi connectivity index (χ2v) is 4.20. The fourth-order valence-corrected chi connectivity index (χ4v) is 1.96. The molecule has 82 valence electrons. The number of nitrogens with two attached hydrogens (primary N) is 2. The smallest absolute Gasteiger partial charge is 0.0758 e. The molecule has 2 nitrogen and oxygen atoms in total. The summed E-state index contributed by atoms with van der Waals surface area (Å²) in [5, 5.41) is 0.855. The van der Waals surface area contributed by atoms with Crippen LogP contribution < -0.4 is 11.5 Å². The first-order chi connectivity index (χ1) is 7.61. The maximum atomic E-state index is 6.14. The van der Waals surface area contributed by atoms with E-state index >= 15 is 0 Å². The van der Waals surface area contributed by atoms with Gasteiger partial charge >= 0.3 is 0 Å². The average Bonchev–Trinajstić information content (AvgIpc) is 2.32. The fourth-order valence-electron chi connectivity index (χ4n) is 1.49. The van der Waals surface area contributed by atoms with Gasteiger partial charge in [0.25, 0.3) is 0 Å². The van der Waals surface area contributed by atoms with Gasteiger partial charge in [0.2, 0.25) is 0 Å². The van der Waals surface area contributed by atoms with Crippen molar-refractivity contribution in [3.63, 3.8) is 0 Å². The van der Waals surface area contributed by atoms with Crippen molar-refractivity contribution < 1.29 is 0 Å². The second-order valence-electron chi connectivity index (χ2n) is 3.41. The van der Waals surface area contributed by atoms with E-state index in [1.165, 1.54) is 0 Å². The number of hydrogen-bond acceptors (Lipinski definition) is 2. The quantitative estimate of drug-likeness (QED) is 0.759. The fraction of sp³-hybridized carbons (Fsp3) is 0. The van der Waals surface area contributed by atoms with E-state index in [-0.39, 0.29) is 0 Å². The lowest BCUT2D eigenvalue weighted by Crippen LogP contribution is -1.97. The van der Waals surface area contributed by atoms with Crippen molar-refractivity contribution in [2.45, 2.75) is 0 Å². The Labute approximate surface area is 104 Å². The van der Waals surface area contributed by atoms with Crippen LogP contribution in [0.25, 0.3) is 11.1 Å². The molecule has 0 aliphatic carbocycles. The van der Waals surface area contributed by atoms with Crippen LogP contribution in [0.15, 0.2) is 36.4 Å². The van der Waals surface area contributed by atoms with Gasteiger partial charge < -0.3 is 11.5 Å². The molecular weight excluding hydrogens is 243 g/mol. The lowest BCUT2D eigenvalue weighted by Gasteiger charge is -2.11. The third-order valence-electron chi connectivity index (χ3n) is 2.38. The molecule has 0 amide bonds. The number of nitrogen functional groups attached to an aromatic ring is 2. The van der Waals surface area contributed by atoms with Gasteiger partial charge in [-0.2, -0.15) is 0 Å². The number of anilines is 2. The van der Waals surface area contributed by atoms with Crippen LogP contribution in [-0.2, 0) is 0 Å². The van der Waals surface area contributed by atoms with Crippen LogP contribution in [0.5, 0.6) is 0 Å². The Hall–Kier alpha value is -1.38. The van der Waals surface area contributed by atoms with Gasteiger partial charge in [-0.25, -0.2) is 0 Å². The summed E-state index contributed by atoms with van der Waals surface area (Å²) in [6, 6.07) is 11.4. The molecule has 4 heteroatoms. The summed E-state index contributed by atoms with van der Waals surface area (Å²) in [6.07, 6.45) is 0. The van der Waals surface area contributed by atoms with Crippen molar-refractivity contribution in [1.82, 2.24) is 0 Å². The SMILES string of the molecule is Nc1c(Cl)cc(-c2ccccc2)c(Cl)c1N. The van der Waals surface area contributed by atoms with Crippen LogP contribution in [0.4, 0.5) is 11.4 Å². The van der Waals surface area contributed by atoms with Gasteiger partial charge in [-0.1, -0.05) is 53.5 Å². The van der Waals surface area contributed by atoms with Crippen LogP contribution in [0.1, 0.15) is 0 Å². The Balaban J connectivity index is 2.68. The largest absolute Gasteiger partial charge is 0.396 e. The highest BCUT2D eigenvalue weighted by molar-refractivity contribution is 6.40. The Morgan fingerprint density at radius 1 is 0.875 bits per heavy atom. The molecule has 0 aliphatic rings. The first-order valence-electron chi connectivity index (χ1n) is 4.69. The number of rotatable bonds is 1. The summed E-state index contributed by atoms with van der Waals surface area (Å²) < 4.78 is 0. The minimum Gasteiger partial charge on any atom is -0.396 e. The highest BCUT2D eigenvalue weighted by atomic mass is 35.5. The van der Waals surface area contributed by atoms with E-state index in [0.717, 1.165) is 11.1 Å². The first-order valence-corrected chi connectivity index (χ1v) is 5.45. The molecule has 0 saturated heterocycles. The molecule has 2 rings (SSSR count). The minimum atomic E-state index is 0.325. The zero-order valence-corrected chi connectivity index (χ0v) is 9.89. The molecule has 0 bridgehead atoms. The molecule has 0 radical (unpaired) electrons. The van der Waals surface area contributed by atoms with E-state index in [4.69, 9.17) is 34.7 Å². The van der Waals surface area contributed by atoms with E-state index in [0.29, 0.717) is 21.4 Å². The summed E-state index contributed by atoms with van der Waals surface area (Å²) >= 11 is 12.1. The van der Waals surface area contributed by atoms with Crippen molar-refractivity contribution in [2.24, 2.45) is 0 Å². The van der Waals surface area contributed by atoms with Crippen molar-refractivity contribution in [2.75, 3.05) is 11.5 Å². The van der Waals surface area contributed by atoms with Crippen LogP contribution in [0.3, 0.4) is 0 Å². The Kier molecular flexibility index (Phi) is 2.95. The van der Waals surface area contributed by atoms with Gasteiger partial charge in [-0.05, 0) is 11.6 Å². The predicted molar refractivity (Wildman–Crippen MR) is 70.7 cm³/mol. The van der Waals surface area contributed by atoms with E-state index < -0.39 is 0 Å². The molecule has 0 unspecified atom stereocenters. The van der Waals surface area contributed by atoms with Gasteiger partial charge in [0, 0.05) is 5.56 Å². The van der Waals surface area contributed by atoms with Gasteiger partial charge in [0.1, 0.15) is 0 Å². The van der Waals surface area contributed by atoms with Crippen molar-refractivity contribution in [1.29, 1.82) is 0 Å². The van der Waals surface area contributed by atoms with Crippen LogP contribution >= 0.6 is 23.2 Å². The van der Waals surface area contributed by atoms with E-state index in [2.05, 4.69) is 0 Å². The van der Waals surface area contributed by atoms with Gasteiger partial charge in [0.15, 0.2) is 0 Å². The summed E-state index contributed by atoms with van der Waals surface area (Å²) in [5.74, 6) is 0. The summed E-state index contributed by atoms with van der Waals surface area (Å²) in [7, 11) is 0. The van der Waals surface area contributed by atoms with Gasteiger partial charge in [-0.3, -0.25) is 0 Å². The highest BCUT2D eigenvalue weighted by Gasteiger charge is 2.12.